The Labute approximate surface area is 125 Å². The Morgan fingerprint density at radius 1 is 1.29 bits per heavy atom. The van der Waals surface area contributed by atoms with Crippen molar-refractivity contribution in [3.05, 3.63) is 0 Å². The molecule has 1 atom stereocenters. The number of carbonyl (C=O) groups is 2. The molecule has 2 amide bonds. The predicted octanol–water partition coefficient (Wildman–Crippen LogP) is 0.936. The summed E-state index contributed by atoms with van der Waals surface area (Å²) in [6, 6.07) is -0.0943. The van der Waals surface area contributed by atoms with Gasteiger partial charge in [0.1, 0.15) is 0 Å². The number of likely N-dealkylation sites (tertiary alicyclic amines) is 1. The van der Waals surface area contributed by atoms with E-state index < -0.39 is 5.97 Å². The zero-order valence-electron chi connectivity index (χ0n) is 12.7. The van der Waals surface area contributed by atoms with Gasteiger partial charge in [0, 0.05) is 39.8 Å². The predicted molar refractivity (Wildman–Crippen MR) is 77.3 cm³/mol. The molecule has 7 nitrogen and oxygen atoms in total. The molecule has 0 aromatic carbocycles. The number of nitrogens with zero attached hydrogens (tertiary/aromatic N) is 1. The topological polar surface area (TPSA) is 88.1 Å². The number of methoxy groups -OCH3 is 1. The summed E-state index contributed by atoms with van der Waals surface area (Å²) in [6.07, 6.45) is 2.67. The third kappa shape index (κ3) is 7.87. The molecule has 1 fully saturated rings. The summed E-state index contributed by atoms with van der Waals surface area (Å²) in [5.41, 5.74) is 0. The normalized spacial score (nSPS) is 18.0. The number of ether oxygens (including phenoxy) is 2. The van der Waals surface area contributed by atoms with Crippen molar-refractivity contribution >= 4 is 12.0 Å². The minimum absolute atomic E-state index is 0.0856. The third-order valence-electron chi connectivity index (χ3n) is 3.46. The van der Waals surface area contributed by atoms with Crippen LogP contribution in [0.25, 0.3) is 0 Å². The zero-order valence-corrected chi connectivity index (χ0v) is 12.7. The Morgan fingerprint density at radius 2 is 2.10 bits per heavy atom. The lowest BCUT2D eigenvalue weighted by Crippen LogP contribution is -2.39. The molecule has 1 saturated heterocycles. The number of carboxylic acids is 1. The first-order valence-electron chi connectivity index (χ1n) is 7.44. The van der Waals surface area contributed by atoms with Gasteiger partial charge in [-0.25, -0.2) is 4.79 Å². The van der Waals surface area contributed by atoms with Crippen LogP contribution in [0, 0.1) is 5.92 Å². The second kappa shape index (κ2) is 10.4. The van der Waals surface area contributed by atoms with E-state index in [0.717, 1.165) is 19.3 Å². The quantitative estimate of drug-likeness (QED) is 0.586. The Kier molecular flexibility index (Phi) is 8.77. The average molecular weight is 302 g/mol. The van der Waals surface area contributed by atoms with E-state index in [1.807, 2.05) is 0 Å². The monoisotopic (exact) mass is 302 g/mol. The molecular formula is C14H26N2O5. The van der Waals surface area contributed by atoms with Crippen LogP contribution in [-0.2, 0) is 14.3 Å². The van der Waals surface area contributed by atoms with E-state index in [9.17, 15) is 9.59 Å². The van der Waals surface area contributed by atoms with Gasteiger partial charge in [-0.2, -0.15) is 0 Å². The van der Waals surface area contributed by atoms with E-state index in [-0.39, 0.29) is 18.4 Å². The van der Waals surface area contributed by atoms with Gasteiger partial charge in [-0.1, -0.05) is 0 Å². The third-order valence-corrected chi connectivity index (χ3v) is 3.46. The van der Waals surface area contributed by atoms with Gasteiger partial charge in [-0.3, -0.25) is 4.79 Å². The molecule has 0 aromatic rings. The number of nitrogens with one attached hydrogen (secondary N) is 1. The largest absolute Gasteiger partial charge is 0.481 e. The van der Waals surface area contributed by atoms with Crippen LogP contribution in [-0.4, -0.2) is 68.6 Å². The molecule has 0 aliphatic carbocycles. The van der Waals surface area contributed by atoms with Crippen LogP contribution < -0.4 is 5.32 Å². The first-order valence-corrected chi connectivity index (χ1v) is 7.44. The summed E-state index contributed by atoms with van der Waals surface area (Å²) in [6.45, 7) is 3.67. The first-order chi connectivity index (χ1) is 10.1. The van der Waals surface area contributed by atoms with E-state index in [2.05, 4.69) is 5.32 Å². The number of rotatable bonds is 10. The summed E-state index contributed by atoms with van der Waals surface area (Å²) in [4.78, 5) is 24.2. The molecule has 1 unspecified atom stereocenters. The summed E-state index contributed by atoms with van der Waals surface area (Å²) in [5, 5.41) is 11.6. The van der Waals surface area contributed by atoms with Crippen molar-refractivity contribution in [2.45, 2.75) is 25.7 Å². The van der Waals surface area contributed by atoms with Crippen LogP contribution in [0.5, 0.6) is 0 Å². The van der Waals surface area contributed by atoms with Gasteiger partial charge in [0.15, 0.2) is 0 Å². The van der Waals surface area contributed by atoms with E-state index in [1.165, 1.54) is 0 Å². The Hall–Kier alpha value is -1.34. The lowest BCUT2D eigenvalue weighted by molar-refractivity contribution is -0.138. The SMILES string of the molecule is COCCOCCCCNC(=O)N1CCC(CC(=O)O)C1. The van der Waals surface area contributed by atoms with Crippen LogP contribution in [0.1, 0.15) is 25.7 Å². The molecule has 1 rings (SSSR count). The van der Waals surface area contributed by atoms with Gasteiger partial charge >= 0.3 is 12.0 Å². The summed E-state index contributed by atoms with van der Waals surface area (Å²) < 4.78 is 10.2. The van der Waals surface area contributed by atoms with E-state index in [1.54, 1.807) is 12.0 Å². The van der Waals surface area contributed by atoms with Crippen LogP contribution in [0.15, 0.2) is 0 Å². The standard InChI is InChI=1S/C14H26N2O5/c1-20-8-9-21-7-3-2-5-15-14(19)16-6-4-12(11-16)10-13(17)18/h12H,2-11H2,1H3,(H,15,19)(H,17,18). The van der Waals surface area contributed by atoms with Crippen molar-refractivity contribution in [2.75, 3.05) is 46.6 Å². The minimum atomic E-state index is -0.796. The fourth-order valence-corrected chi connectivity index (χ4v) is 2.31. The van der Waals surface area contributed by atoms with Crippen LogP contribution in [0.4, 0.5) is 4.79 Å². The van der Waals surface area contributed by atoms with Gasteiger partial charge in [-0.05, 0) is 25.2 Å². The number of aliphatic carboxylic acids is 1. The number of carbonyl (C=O) groups excluding carboxylic acids is 1. The number of hydrogen-bond donors (Lipinski definition) is 2. The fourth-order valence-electron chi connectivity index (χ4n) is 2.31. The van der Waals surface area contributed by atoms with Gasteiger partial charge in [0.25, 0.3) is 0 Å². The molecule has 0 radical (unpaired) electrons. The molecular weight excluding hydrogens is 276 g/mol. The summed E-state index contributed by atoms with van der Waals surface area (Å²) >= 11 is 0. The summed E-state index contributed by atoms with van der Waals surface area (Å²) in [5.74, 6) is -0.710. The van der Waals surface area contributed by atoms with Crippen molar-refractivity contribution in [1.82, 2.24) is 10.2 Å². The molecule has 2 N–H and O–H groups in total. The molecule has 21 heavy (non-hydrogen) atoms. The molecule has 122 valence electrons. The van der Waals surface area contributed by atoms with E-state index >= 15 is 0 Å². The smallest absolute Gasteiger partial charge is 0.317 e. The maximum atomic E-state index is 11.9. The van der Waals surface area contributed by atoms with Crippen molar-refractivity contribution in [1.29, 1.82) is 0 Å². The Balaban J connectivity index is 2.00. The molecule has 0 bridgehead atoms. The molecule has 1 aliphatic rings. The van der Waals surface area contributed by atoms with Crippen LogP contribution >= 0.6 is 0 Å². The zero-order chi connectivity index (χ0) is 15.5. The lowest BCUT2D eigenvalue weighted by Gasteiger charge is -2.17. The maximum Gasteiger partial charge on any atom is 0.317 e. The highest BCUT2D eigenvalue weighted by molar-refractivity contribution is 5.74. The number of carboxylic acid groups (broad SMARTS) is 1. The molecule has 0 aromatic heterocycles. The van der Waals surface area contributed by atoms with Gasteiger partial charge < -0.3 is 24.8 Å². The fraction of sp³-hybridized carbons (Fsp3) is 0.857. The second-order valence-corrected chi connectivity index (χ2v) is 5.24. The van der Waals surface area contributed by atoms with Crippen LogP contribution in [0.2, 0.25) is 0 Å². The second-order valence-electron chi connectivity index (χ2n) is 5.24. The van der Waals surface area contributed by atoms with Crippen molar-refractivity contribution < 1.29 is 24.2 Å². The molecule has 0 saturated carbocycles. The Bertz CT molecular complexity index is 324. The Morgan fingerprint density at radius 3 is 2.81 bits per heavy atom. The number of hydrogen-bond acceptors (Lipinski definition) is 4. The van der Waals surface area contributed by atoms with E-state index in [0.29, 0.717) is 39.5 Å². The van der Waals surface area contributed by atoms with Gasteiger partial charge in [-0.15, -0.1) is 0 Å². The number of urea groups is 1. The van der Waals surface area contributed by atoms with Crippen molar-refractivity contribution in [3.8, 4) is 0 Å². The maximum absolute atomic E-state index is 11.9. The van der Waals surface area contributed by atoms with Gasteiger partial charge in [0.2, 0.25) is 0 Å². The van der Waals surface area contributed by atoms with Gasteiger partial charge in [0.05, 0.1) is 13.2 Å². The van der Waals surface area contributed by atoms with Crippen molar-refractivity contribution in [2.24, 2.45) is 5.92 Å². The highest BCUT2D eigenvalue weighted by Gasteiger charge is 2.27. The average Bonchev–Trinajstić information content (AvgIpc) is 2.89. The highest BCUT2D eigenvalue weighted by atomic mass is 16.5. The number of unbranched alkanes of at least 4 members (excludes halogenated alkanes) is 1. The minimum Gasteiger partial charge on any atom is -0.481 e. The highest BCUT2D eigenvalue weighted by Crippen LogP contribution is 2.19. The summed E-state index contributed by atoms with van der Waals surface area (Å²) in [7, 11) is 1.64. The molecule has 1 heterocycles. The molecule has 1 aliphatic heterocycles. The number of amides is 2. The van der Waals surface area contributed by atoms with Crippen LogP contribution in [0.3, 0.4) is 0 Å². The lowest BCUT2D eigenvalue weighted by atomic mass is 10.1. The van der Waals surface area contributed by atoms with E-state index in [4.69, 9.17) is 14.6 Å². The molecule has 0 spiro atoms. The molecule has 7 heteroatoms. The first kappa shape index (κ1) is 17.7. The van der Waals surface area contributed by atoms with Crippen molar-refractivity contribution in [3.63, 3.8) is 0 Å².